The number of nitrogens with zero attached hydrogens (tertiary/aromatic N) is 2. The molecule has 0 radical (unpaired) electrons. The van der Waals surface area contributed by atoms with Crippen molar-refractivity contribution in [2.45, 2.75) is 52.2 Å². The molecule has 3 N–H and O–H groups in total. The number of aryl methyl sites for hydroxylation is 4. The smallest absolute Gasteiger partial charge is 0.352 e. The van der Waals surface area contributed by atoms with Crippen LogP contribution in [0.1, 0.15) is 62.6 Å². The molecule has 2 aromatic heterocycles. The zero-order valence-corrected chi connectivity index (χ0v) is 29.4. The van der Waals surface area contributed by atoms with Gasteiger partial charge in [0.2, 0.25) is 0 Å². The van der Waals surface area contributed by atoms with Crippen LogP contribution in [0.25, 0.3) is 22.0 Å². The molecule has 1 amide bonds. The van der Waals surface area contributed by atoms with Crippen LogP contribution in [0.4, 0.5) is 0 Å². The van der Waals surface area contributed by atoms with Gasteiger partial charge in [0.15, 0.2) is 5.69 Å². The highest BCUT2D eigenvalue weighted by Crippen LogP contribution is 2.37. The van der Waals surface area contributed by atoms with Crippen LogP contribution in [0.2, 0.25) is 5.02 Å². The average Bonchev–Trinajstić information content (AvgIpc) is 3.66. The van der Waals surface area contributed by atoms with E-state index in [1.807, 2.05) is 68.4 Å². The van der Waals surface area contributed by atoms with Gasteiger partial charge in [-0.2, -0.15) is 5.10 Å². The Morgan fingerprint density at radius 3 is 2.42 bits per heavy atom. The number of rotatable bonds is 13. The van der Waals surface area contributed by atoms with Crippen LogP contribution in [-0.4, -0.2) is 64.7 Å². The molecule has 1 aliphatic rings. The fraction of sp³-hybridized carbons (Fsp3) is 0.342. The number of hydrogen-bond donors (Lipinski definition) is 3. The number of aromatic nitrogens is 3. The summed E-state index contributed by atoms with van der Waals surface area (Å²) in [5.74, 6) is 0.655. The van der Waals surface area contributed by atoms with Gasteiger partial charge in [-0.05, 0) is 92.6 Å². The number of aromatic amines is 1. The highest BCUT2D eigenvalue weighted by atomic mass is 35.5. The second-order valence-electron chi connectivity index (χ2n) is 12.5. The number of aromatic carboxylic acids is 1. The summed E-state index contributed by atoms with van der Waals surface area (Å²) >= 11 is 6.32. The van der Waals surface area contributed by atoms with Gasteiger partial charge in [0, 0.05) is 47.8 Å². The number of H-pyrrole nitrogens is 1. The minimum Gasteiger partial charge on any atom is -0.497 e. The van der Waals surface area contributed by atoms with Crippen molar-refractivity contribution in [3.05, 3.63) is 93.4 Å². The Kier molecular flexibility index (Phi) is 10.6. The van der Waals surface area contributed by atoms with Gasteiger partial charge in [-0.25, -0.2) is 4.79 Å². The van der Waals surface area contributed by atoms with Crippen LogP contribution >= 0.6 is 11.6 Å². The number of benzene rings is 3. The third-order valence-electron chi connectivity index (χ3n) is 9.05. The third-order valence-corrected chi connectivity index (χ3v) is 9.64. The van der Waals surface area contributed by atoms with E-state index in [0.717, 1.165) is 22.3 Å². The second kappa shape index (κ2) is 15.3. The number of carboxylic acids is 1. The fourth-order valence-electron chi connectivity index (χ4n) is 6.44. The Labute approximate surface area is 295 Å². The Morgan fingerprint density at radius 2 is 1.74 bits per heavy atom. The molecule has 1 saturated heterocycles. The first-order valence-corrected chi connectivity index (χ1v) is 17.0. The molecule has 1 fully saturated rings. The minimum absolute atomic E-state index is 0.0421. The van der Waals surface area contributed by atoms with E-state index in [1.54, 1.807) is 18.8 Å². The molecule has 0 aliphatic carbocycles. The summed E-state index contributed by atoms with van der Waals surface area (Å²) < 4.78 is 24.6. The molecular formula is C38H41ClN4O7. The van der Waals surface area contributed by atoms with Crippen LogP contribution in [0.15, 0.2) is 54.6 Å². The maximum atomic E-state index is 13.9. The van der Waals surface area contributed by atoms with Gasteiger partial charge in [0.25, 0.3) is 5.91 Å². The molecule has 0 atom stereocenters. The molecule has 0 unspecified atom stereocenters. The molecule has 12 heteroatoms. The summed E-state index contributed by atoms with van der Waals surface area (Å²) in [4.78, 5) is 29.6. The van der Waals surface area contributed by atoms with Gasteiger partial charge in [-0.1, -0.05) is 29.8 Å². The highest BCUT2D eigenvalue weighted by molar-refractivity contribution is 6.32. The normalized spacial score (nSPS) is 13.4. The molecule has 0 saturated carbocycles. The third kappa shape index (κ3) is 7.44. The summed E-state index contributed by atoms with van der Waals surface area (Å²) in [7, 11) is 3.37. The zero-order valence-electron chi connectivity index (χ0n) is 28.6. The van der Waals surface area contributed by atoms with E-state index in [9.17, 15) is 14.7 Å². The molecule has 50 heavy (non-hydrogen) atoms. The van der Waals surface area contributed by atoms with Gasteiger partial charge < -0.3 is 34.4 Å². The molecule has 5 aromatic rings. The SMILES string of the molecule is COc1ccc(OCc2c(-c3cccc4c(CCCOc5cc(C)c(Cl)c(C)c5)c(C(=O)O)[nH]c34)c(C(=O)NC3CCOCC3)nn2C)cc1. The standard InChI is InChI=1S/C38H41ClN4O7/c1-22-19-27(20-23(2)33(22)39)49-16-6-9-29-28-7-5-8-30(34(28)41-35(29)38(45)46)32-31(21-50-26-12-10-25(47-4)11-13-26)43(3)42-36(32)37(44)40-24-14-17-48-18-15-24/h5,7-8,10-13,19-20,24,41H,6,9,14-18,21H2,1-4H3,(H,40,44)(H,45,46). The summed E-state index contributed by atoms with van der Waals surface area (Å²) in [6.07, 6.45) is 2.44. The van der Waals surface area contributed by atoms with Crippen LogP contribution < -0.4 is 19.5 Å². The van der Waals surface area contributed by atoms with Crippen molar-refractivity contribution in [3.63, 3.8) is 0 Å². The lowest BCUT2D eigenvalue weighted by atomic mass is 9.97. The van der Waals surface area contributed by atoms with E-state index < -0.39 is 5.97 Å². The number of carbonyl (C=O) groups is 2. The summed E-state index contributed by atoms with van der Waals surface area (Å²) in [6.45, 7) is 5.51. The lowest BCUT2D eigenvalue weighted by Crippen LogP contribution is -2.39. The van der Waals surface area contributed by atoms with Crippen molar-refractivity contribution in [1.82, 2.24) is 20.1 Å². The Hall–Kier alpha value is -5.00. The Morgan fingerprint density at radius 1 is 1.04 bits per heavy atom. The van der Waals surface area contributed by atoms with Gasteiger partial charge >= 0.3 is 5.97 Å². The van der Waals surface area contributed by atoms with E-state index in [0.29, 0.717) is 89.9 Å². The molecule has 262 valence electrons. The number of nitrogens with one attached hydrogen (secondary N) is 2. The van der Waals surface area contributed by atoms with Crippen LogP contribution in [-0.2, 0) is 24.8 Å². The maximum absolute atomic E-state index is 13.9. The first-order valence-electron chi connectivity index (χ1n) is 16.6. The molecule has 1 aliphatic heterocycles. The minimum atomic E-state index is -1.07. The van der Waals surface area contributed by atoms with Crippen LogP contribution in [0.5, 0.6) is 17.2 Å². The summed E-state index contributed by atoms with van der Waals surface area (Å²) in [6, 6.07) is 16.6. The van der Waals surface area contributed by atoms with Crippen molar-refractivity contribution in [3.8, 4) is 28.4 Å². The molecular weight excluding hydrogens is 660 g/mol. The average molecular weight is 701 g/mol. The van der Waals surface area contributed by atoms with Crippen molar-refractivity contribution < 1.29 is 33.6 Å². The number of fused-ring (bicyclic) bond motifs is 1. The summed E-state index contributed by atoms with van der Waals surface area (Å²) in [5.41, 5.74) is 5.33. The van der Waals surface area contributed by atoms with Crippen molar-refractivity contribution in [1.29, 1.82) is 0 Å². The number of amides is 1. The summed E-state index contributed by atoms with van der Waals surface area (Å²) in [5, 5.41) is 19.6. The first-order chi connectivity index (χ1) is 24.1. The van der Waals surface area contributed by atoms with Crippen LogP contribution in [0.3, 0.4) is 0 Å². The number of para-hydroxylation sites is 1. The quantitative estimate of drug-likeness (QED) is 0.111. The Balaban J connectivity index is 1.35. The lowest BCUT2D eigenvalue weighted by molar-refractivity contribution is 0.0683. The zero-order chi connectivity index (χ0) is 35.4. The van der Waals surface area contributed by atoms with E-state index >= 15 is 0 Å². The van der Waals surface area contributed by atoms with Crippen molar-refractivity contribution >= 4 is 34.4 Å². The topological polar surface area (TPSA) is 137 Å². The number of halogens is 1. The van der Waals surface area contributed by atoms with E-state index in [4.69, 9.17) is 30.5 Å². The van der Waals surface area contributed by atoms with Gasteiger partial charge in [0.1, 0.15) is 29.5 Å². The van der Waals surface area contributed by atoms with E-state index in [-0.39, 0.29) is 29.9 Å². The predicted octanol–water partition coefficient (Wildman–Crippen LogP) is 7.04. The molecule has 0 bridgehead atoms. The Bertz CT molecular complexity index is 1990. The number of hydrogen-bond acceptors (Lipinski definition) is 7. The van der Waals surface area contributed by atoms with E-state index in [2.05, 4.69) is 15.4 Å². The maximum Gasteiger partial charge on any atom is 0.352 e. The number of methoxy groups -OCH3 is 1. The number of carboxylic acid groups (broad SMARTS) is 1. The predicted molar refractivity (Wildman–Crippen MR) is 191 cm³/mol. The first kappa shape index (κ1) is 34.8. The number of ether oxygens (including phenoxy) is 4. The monoisotopic (exact) mass is 700 g/mol. The molecule has 0 spiro atoms. The fourth-order valence-corrected chi connectivity index (χ4v) is 6.55. The highest BCUT2D eigenvalue weighted by Gasteiger charge is 2.29. The second-order valence-corrected chi connectivity index (χ2v) is 12.8. The van der Waals surface area contributed by atoms with Crippen molar-refractivity contribution in [2.24, 2.45) is 7.05 Å². The molecule has 6 rings (SSSR count). The molecule has 11 nitrogen and oxygen atoms in total. The van der Waals surface area contributed by atoms with Gasteiger partial charge in [-0.15, -0.1) is 0 Å². The lowest BCUT2D eigenvalue weighted by Gasteiger charge is -2.22. The molecule has 3 aromatic carbocycles. The van der Waals surface area contributed by atoms with E-state index in [1.165, 1.54) is 0 Å². The largest absolute Gasteiger partial charge is 0.497 e. The van der Waals surface area contributed by atoms with Gasteiger partial charge in [0.05, 0.1) is 24.9 Å². The van der Waals surface area contributed by atoms with Crippen molar-refractivity contribution in [2.75, 3.05) is 26.9 Å². The van der Waals surface area contributed by atoms with Crippen LogP contribution in [0, 0.1) is 13.8 Å². The van der Waals surface area contributed by atoms with Gasteiger partial charge in [-0.3, -0.25) is 9.48 Å². The molecule has 3 heterocycles. The number of carbonyl (C=O) groups excluding carboxylic acids is 1.